The number of hydrogen-bond acceptors (Lipinski definition) is 5. The molecule has 2 amide bonds. The summed E-state index contributed by atoms with van der Waals surface area (Å²) in [6, 6.07) is 15.1. The van der Waals surface area contributed by atoms with Crippen LogP contribution in [0.15, 0.2) is 48.5 Å². The van der Waals surface area contributed by atoms with Crippen LogP contribution in [0.25, 0.3) is 0 Å². The smallest absolute Gasteiger partial charge is 0.260 e. The first-order chi connectivity index (χ1) is 15.6. The Morgan fingerprint density at radius 2 is 1.59 bits per heavy atom. The van der Waals surface area contributed by atoms with Crippen LogP contribution in [-0.4, -0.2) is 68.1 Å². The number of carbonyl (C=O) groups excluding carboxylic acids is 2. The summed E-state index contributed by atoms with van der Waals surface area (Å²) in [6.07, 6.45) is 1.81. The van der Waals surface area contributed by atoms with Crippen molar-refractivity contribution in [3.8, 4) is 17.2 Å². The molecule has 172 valence electrons. The minimum atomic E-state index is -0.0513. The van der Waals surface area contributed by atoms with E-state index in [2.05, 4.69) is 0 Å². The molecule has 7 nitrogen and oxygen atoms in total. The average Bonchev–Trinajstić information content (AvgIpc) is 3.09. The Labute approximate surface area is 189 Å². The first-order valence-corrected chi connectivity index (χ1v) is 11.1. The van der Waals surface area contributed by atoms with E-state index in [0.717, 1.165) is 12.0 Å². The lowest BCUT2D eigenvalue weighted by Gasteiger charge is -2.22. The van der Waals surface area contributed by atoms with Crippen LogP contribution < -0.4 is 14.2 Å². The van der Waals surface area contributed by atoms with Crippen molar-refractivity contribution in [1.82, 2.24) is 9.80 Å². The fourth-order valence-electron chi connectivity index (χ4n) is 3.72. The summed E-state index contributed by atoms with van der Waals surface area (Å²) >= 11 is 0. The second-order valence-corrected chi connectivity index (χ2v) is 7.64. The third kappa shape index (κ3) is 6.64. The highest BCUT2D eigenvalue weighted by Gasteiger charge is 2.22. The van der Waals surface area contributed by atoms with Gasteiger partial charge < -0.3 is 24.0 Å². The number of methoxy groups -OCH3 is 1. The molecule has 7 heteroatoms. The Bertz CT molecular complexity index is 887. The summed E-state index contributed by atoms with van der Waals surface area (Å²) in [6.45, 7) is 4.88. The molecule has 2 aromatic carbocycles. The molecule has 0 bridgehead atoms. The van der Waals surface area contributed by atoms with E-state index in [9.17, 15) is 9.59 Å². The zero-order valence-corrected chi connectivity index (χ0v) is 18.9. The van der Waals surface area contributed by atoms with Gasteiger partial charge >= 0.3 is 0 Å². The highest BCUT2D eigenvalue weighted by Crippen LogP contribution is 2.28. The van der Waals surface area contributed by atoms with Gasteiger partial charge in [0.05, 0.1) is 13.7 Å². The van der Waals surface area contributed by atoms with Crippen molar-refractivity contribution in [2.45, 2.75) is 26.2 Å². The fourth-order valence-corrected chi connectivity index (χ4v) is 3.72. The lowest BCUT2D eigenvalue weighted by Crippen LogP contribution is -2.39. The zero-order valence-electron chi connectivity index (χ0n) is 18.9. The van der Waals surface area contributed by atoms with E-state index in [4.69, 9.17) is 14.2 Å². The van der Waals surface area contributed by atoms with Crippen molar-refractivity contribution in [2.24, 2.45) is 0 Å². The number of ether oxygens (including phenoxy) is 3. The number of hydrogen-bond donors (Lipinski definition) is 0. The summed E-state index contributed by atoms with van der Waals surface area (Å²) in [7, 11) is 1.61. The molecule has 0 aromatic heterocycles. The van der Waals surface area contributed by atoms with E-state index in [-0.39, 0.29) is 18.4 Å². The molecule has 0 unspecified atom stereocenters. The number of benzene rings is 2. The van der Waals surface area contributed by atoms with E-state index < -0.39 is 0 Å². The molecular weight excluding hydrogens is 408 g/mol. The molecule has 3 rings (SSSR count). The van der Waals surface area contributed by atoms with Gasteiger partial charge in [0.15, 0.2) is 18.1 Å². The van der Waals surface area contributed by atoms with Crippen molar-refractivity contribution in [3.63, 3.8) is 0 Å². The minimum Gasteiger partial charge on any atom is -0.493 e. The van der Waals surface area contributed by atoms with Crippen LogP contribution in [0.2, 0.25) is 0 Å². The fraction of sp³-hybridized carbons (Fsp3) is 0.440. The number of aryl methyl sites for hydroxylation is 1. The van der Waals surface area contributed by atoms with E-state index in [1.165, 1.54) is 0 Å². The summed E-state index contributed by atoms with van der Waals surface area (Å²) in [5.41, 5.74) is 1.03. The van der Waals surface area contributed by atoms with E-state index >= 15 is 0 Å². The van der Waals surface area contributed by atoms with Crippen LogP contribution in [0.1, 0.15) is 25.3 Å². The third-order valence-corrected chi connectivity index (χ3v) is 5.46. The van der Waals surface area contributed by atoms with E-state index in [0.29, 0.717) is 62.9 Å². The Hall–Kier alpha value is -3.22. The van der Waals surface area contributed by atoms with Gasteiger partial charge in [-0.3, -0.25) is 9.59 Å². The predicted molar refractivity (Wildman–Crippen MR) is 122 cm³/mol. The average molecular weight is 441 g/mol. The maximum atomic E-state index is 12.8. The van der Waals surface area contributed by atoms with Crippen LogP contribution in [0.4, 0.5) is 0 Å². The molecule has 0 aliphatic carbocycles. The number of carbonyl (C=O) groups is 2. The van der Waals surface area contributed by atoms with Crippen LogP contribution >= 0.6 is 0 Å². The standard InChI is InChI=1S/C25H32N2O5/c1-3-31-22-12-10-20(18-23(22)30-2)11-13-24(28)26-14-7-15-27(17-16-26)25(29)19-32-21-8-5-4-6-9-21/h4-6,8-10,12,18H,3,7,11,13-17,19H2,1-2H3. The van der Waals surface area contributed by atoms with Gasteiger partial charge in [-0.15, -0.1) is 0 Å². The highest BCUT2D eigenvalue weighted by molar-refractivity contribution is 5.79. The normalized spacial score (nSPS) is 13.9. The van der Waals surface area contributed by atoms with Gasteiger partial charge in [0, 0.05) is 32.6 Å². The number of nitrogens with zero attached hydrogens (tertiary/aromatic N) is 2. The van der Waals surface area contributed by atoms with Crippen molar-refractivity contribution in [3.05, 3.63) is 54.1 Å². The van der Waals surface area contributed by atoms with Crippen molar-refractivity contribution in [2.75, 3.05) is 46.5 Å². The first kappa shape index (κ1) is 23.4. The lowest BCUT2D eigenvalue weighted by atomic mass is 10.1. The maximum Gasteiger partial charge on any atom is 0.260 e. The summed E-state index contributed by atoms with van der Waals surface area (Å²) < 4.78 is 16.5. The molecule has 32 heavy (non-hydrogen) atoms. The molecule has 0 radical (unpaired) electrons. The summed E-state index contributed by atoms with van der Waals surface area (Å²) in [4.78, 5) is 28.9. The van der Waals surface area contributed by atoms with Gasteiger partial charge in [0.25, 0.3) is 5.91 Å². The van der Waals surface area contributed by atoms with Crippen molar-refractivity contribution < 1.29 is 23.8 Å². The Kier molecular flexibility index (Phi) is 8.78. The molecule has 1 aliphatic rings. The number of amides is 2. The maximum absolute atomic E-state index is 12.8. The topological polar surface area (TPSA) is 68.3 Å². The second kappa shape index (κ2) is 12.0. The molecule has 0 N–H and O–H groups in total. The first-order valence-electron chi connectivity index (χ1n) is 11.1. The van der Waals surface area contributed by atoms with Gasteiger partial charge in [-0.1, -0.05) is 24.3 Å². The number of para-hydroxylation sites is 1. The van der Waals surface area contributed by atoms with Crippen molar-refractivity contribution >= 4 is 11.8 Å². The zero-order chi connectivity index (χ0) is 22.8. The molecule has 0 saturated carbocycles. The molecular formula is C25H32N2O5. The monoisotopic (exact) mass is 440 g/mol. The van der Waals surface area contributed by atoms with Gasteiger partial charge in [-0.25, -0.2) is 0 Å². The Morgan fingerprint density at radius 3 is 2.28 bits per heavy atom. The van der Waals surface area contributed by atoms with Crippen LogP contribution in [0.5, 0.6) is 17.2 Å². The van der Waals surface area contributed by atoms with E-state index in [1.807, 2.05) is 60.4 Å². The lowest BCUT2D eigenvalue weighted by molar-refractivity contribution is -0.134. The quantitative estimate of drug-likeness (QED) is 0.599. The van der Waals surface area contributed by atoms with Gasteiger partial charge in [-0.05, 0) is 49.6 Å². The van der Waals surface area contributed by atoms with Crippen LogP contribution in [0.3, 0.4) is 0 Å². The third-order valence-electron chi connectivity index (χ3n) is 5.46. The predicted octanol–water partition coefficient (Wildman–Crippen LogP) is 3.17. The number of rotatable bonds is 9. The van der Waals surface area contributed by atoms with Crippen LogP contribution in [-0.2, 0) is 16.0 Å². The Morgan fingerprint density at radius 1 is 0.875 bits per heavy atom. The minimum absolute atomic E-state index is 0.0114. The SMILES string of the molecule is CCOc1ccc(CCC(=O)N2CCCN(C(=O)COc3ccccc3)CC2)cc1OC. The summed E-state index contributed by atoms with van der Waals surface area (Å²) in [5.74, 6) is 2.12. The second-order valence-electron chi connectivity index (χ2n) is 7.64. The van der Waals surface area contributed by atoms with Gasteiger partial charge in [0.1, 0.15) is 5.75 Å². The molecule has 1 fully saturated rings. The molecule has 1 heterocycles. The van der Waals surface area contributed by atoms with Crippen LogP contribution in [0, 0.1) is 0 Å². The largest absolute Gasteiger partial charge is 0.493 e. The van der Waals surface area contributed by atoms with Crippen molar-refractivity contribution in [1.29, 1.82) is 0 Å². The molecule has 1 aliphatic heterocycles. The molecule has 1 saturated heterocycles. The molecule has 0 spiro atoms. The van der Waals surface area contributed by atoms with E-state index in [1.54, 1.807) is 12.0 Å². The van der Waals surface area contributed by atoms with Gasteiger partial charge in [-0.2, -0.15) is 0 Å². The Balaban J connectivity index is 1.46. The molecule has 2 aromatic rings. The molecule has 0 atom stereocenters. The van der Waals surface area contributed by atoms with Gasteiger partial charge in [0.2, 0.25) is 5.91 Å². The summed E-state index contributed by atoms with van der Waals surface area (Å²) in [5, 5.41) is 0. The highest BCUT2D eigenvalue weighted by atomic mass is 16.5.